The number of halogens is 5. The summed E-state index contributed by atoms with van der Waals surface area (Å²) in [4.78, 5) is 24.8. The van der Waals surface area contributed by atoms with Crippen molar-refractivity contribution in [3.63, 3.8) is 0 Å². The molecule has 2 aromatic rings. The molecule has 1 saturated carbocycles. The molecule has 33 heavy (non-hydrogen) atoms. The van der Waals surface area contributed by atoms with Gasteiger partial charge in [-0.1, -0.05) is 55.2 Å². The number of rotatable bonds is 7. The van der Waals surface area contributed by atoms with Gasteiger partial charge in [0.15, 0.2) is 0 Å². The third-order valence-corrected chi connectivity index (χ3v) is 6.16. The van der Waals surface area contributed by atoms with E-state index in [2.05, 4.69) is 5.32 Å². The Morgan fingerprint density at radius 2 is 1.76 bits per heavy atom. The van der Waals surface area contributed by atoms with Gasteiger partial charge in [0.2, 0.25) is 5.91 Å². The quantitative estimate of drug-likeness (QED) is 0.452. The van der Waals surface area contributed by atoms with Gasteiger partial charge in [0, 0.05) is 11.4 Å². The van der Waals surface area contributed by atoms with Crippen molar-refractivity contribution in [1.82, 2.24) is 0 Å². The van der Waals surface area contributed by atoms with Crippen LogP contribution >= 0.6 is 23.2 Å². The summed E-state index contributed by atoms with van der Waals surface area (Å²) in [5, 5.41) is 3.05. The van der Waals surface area contributed by atoms with Crippen LogP contribution in [0.1, 0.15) is 51.6 Å². The van der Waals surface area contributed by atoms with Crippen molar-refractivity contribution >= 4 is 40.8 Å². The number of carbonyl (C=O) groups excluding carboxylic acids is 2. The van der Waals surface area contributed by atoms with Gasteiger partial charge < -0.3 is 11.5 Å². The first-order valence-electron chi connectivity index (χ1n) is 10.1. The SMILES string of the molecule is CCC(=O)OC1(c2ccc(Cl)c(NC(=O)[C@H](c3ccc(Cl)cc3)[C@@H](C)C(F)(F)F)c2)CC1.[H-].[Na+]. The zero-order chi connectivity index (χ0) is 23.7. The molecule has 3 rings (SSSR count). The van der Waals surface area contributed by atoms with Crippen LogP contribution in [0.15, 0.2) is 42.5 Å². The topological polar surface area (TPSA) is 55.4 Å². The van der Waals surface area contributed by atoms with Gasteiger partial charge in [-0.05, 0) is 48.2 Å². The fraction of sp³-hybridized carbons (Fsp3) is 0.391. The molecule has 10 heteroatoms. The smallest absolute Gasteiger partial charge is 1.00 e. The molecular formula is C23H23Cl2F3NNaO3. The first-order valence-corrected chi connectivity index (χ1v) is 10.9. The molecule has 0 aromatic heterocycles. The van der Waals surface area contributed by atoms with Gasteiger partial charge in [-0.2, -0.15) is 13.2 Å². The van der Waals surface area contributed by atoms with E-state index >= 15 is 0 Å². The normalized spacial score (nSPS) is 16.2. The number of hydrogen-bond donors (Lipinski definition) is 1. The van der Waals surface area contributed by atoms with Crippen molar-refractivity contribution in [3.05, 3.63) is 63.6 Å². The predicted molar refractivity (Wildman–Crippen MR) is 118 cm³/mol. The largest absolute Gasteiger partial charge is 1.00 e. The predicted octanol–water partition coefficient (Wildman–Crippen LogP) is 3.97. The average Bonchev–Trinajstić information content (AvgIpc) is 3.50. The number of anilines is 1. The van der Waals surface area contributed by atoms with Gasteiger partial charge in [-0.3, -0.25) is 9.59 Å². The Bertz CT molecular complexity index is 1020. The summed E-state index contributed by atoms with van der Waals surface area (Å²) >= 11 is 12.1. The molecule has 0 heterocycles. The maximum Gasteiger partial charge on any atom is 1.00 e. The molecule has 0 aliphatic heterocycles. The molecule has 0 spiro atoms. The van der Waals surface area contributed by atoms with Crippen molar-refractivity contribution in [2.24, 2.45) is 5.92 Å². The van der Waals surface area contributed by atoms with Crippen LogP contribution in [0.3, 0.4) is 0 Å². The fourth-order valence-corrected chi connectivity index (χ4v) is 3.79. The second-order valence-electron chi connectivity index (χ2n) is 7.87. The number of hydrogen-bond acceptors (Lipinski definition) is 3. The Hall–Kier alpha value is -1.25. The zero-order valence-electron chi connectivity index (χ0n) is 19.4. The Labute approximate surface area is 223 Å². The van der Waals surface area contributed by atoms with Crippen LogP contribution in [0.2, 0.25) is 10.0 Å². The molecule has 1 fully saturated rings. The third-order valence-electron chi connectivity index (χ3n) is 5.58. The number of benzene rings is 2. The minimum atomic E-state index is -4.60. The van der Waals surface area contributed by atoms with Crippen LogP contribution < -0.4 is 34.9 Å². The number of nitrogens with one attached hydrogen (secondary N) is 1. The minimum absolute atomic E-state index is 0. The van der Waals surface area contributed by atoms with Crippen molar-refractivity contribution in [2.75, 3.05) is 5.32 Å². The van der Waals surface area contributed by atoms with Crippen molar-refractivity contribution < 1.29 is 58.5 Å². The van der Waals surface area contributed by atoms with Crippen LogP contribution in [0.4, 0.5) is 18.9 Å². The summed E-state index contributed by atoms with van der Waals surface area (Å²) in [5.74, 6) is -4.68. The summed E-state index contributed by atoms with van der Waals surface area (Å²) in [6, 6.07) is 10.4. The molecule has 0 bridgehead atoms. The van der Waals surface area contributed by atoms with E-state index in [0.29, 0.717) is 23.4 Å². The van der Waals surface area contributed by atoms with E-state index in [1.165, 1.54) is 30.3 Å². The average molecular weight is 512 g/mol. The molecule has 174 valence electrons. The Kier molecular flexibility index (Phi) is 9.33. The van der Waals surface area contributed by atoms with E-state index < -0.39 is 29.5 Å². The van der Waals surface area contributed by atoms with Crippen LogP contribution in [0, 0.1) is 5.92 Å². The molecule has 2 aromatic carbocycles. The van der Waals surface area contributed by atoms with Crippen LogP contribution in [-0.2, 0) is 19.9 Å². The van der Waals surface area contributed by atoms with Crippen LogP contribution in [0.5, 0.6) is 0 Å². The van der Waals surface area contributed by atoms with Gasteiger partial charge in [-0.25, -0.2) is 0 Å². The van der Waals surface area contributed by atoms with E-state index in [1.54, 1.807) is 19.1 Å². The number of amides is 1. The Morgan fingerprint density at radius 1 is 1.15 bits per heavy atom. The maximum atomic E-state index is 13.5. The molecule has 1 aliphatic carbocycles. The van der Waals surface area contributed by atoms with E-state index in [9.17, 15) is 22.8 Å². The van der Waals surface area contributed by atoms with Crippen LogP contribution in [-0.4, -0.2) is 18.1 Å². The van der Waals surface area contributed by atoms with Crippen molar-refractivity contribution in [2.45, 2.75) is 50.8 Å². The summed E-state index contributed by atoms with van der Waals surface area (Å²) in [6.45, 7) is 2.64. The monoisotopic (exact) mass is 511 g/mol. The molecule has 1 N–H and O–H groups in total. The number of carbonyl (C=O) groups is 2. The first kappa shape index (κ1) is 28.0. The zero-order valence-corrected chi connectivity index (χ0v) is 21.9. The number of alkyl halides is 3. The summed E-state index contributed by atoms with van der Waals surface area (Å²) in [5.41, 5.74) is 0.179. The van der Waals surface area contributed by atoms with E-state index in [-0.39, 0.29) is 59.6 Å². The Morgan fingerprint density at radius 3 is 2.27 bits per heavy atom. The van der Waals surface area contributed by atoms with Gasteiger partial charge in [0.1, 0.15) is 5.60 Å². The van der Waals surface area contributed by atoms with Gasteiger partial charge in [0.25, 0.3) is 0 Å². The second-order valence-corrected chi connectivity index (χ2v) is 8.71. The van der Waals surface area contributed by atoms with Gasteiger partial charge >= 0.3 is 41.7 Å². The second kappa shape index (κ2) is 11.0. The molecule has 0 radical (unpaired) electrons. The maximum absolute atomic E-state index is 13.5. The first-order chi connectivity index (χ1) is 15.0. The van der Waals surface area contributed by atoms with E-state index in [0.717, 1.165) is 6.92 Å². The summed E-state index contributed by atoms with van der Waals surface area (Å²) < 4.78 is 46.2. The van der Waals surface area contributed by atoms with Crippen molar-refractivity contribution in [3.8, 4) is 0 Å². The van der Waals surface area contributed by atoms with Gasteiger partial charge in [0.05, 0.1) is 22.5 Å². The summed E-state index contributed by atoms with van der Waals surface area (Å²) in [6.07, 6.45) is -3.14. The molecule has 1 amide bonds. The van der Waals surface area contributed by atoms with E-state index in [1.807, 2.05) is 0 Å². The van der Waals surface area contributed by atoms with Crippen molar-refractivity contribution in [1.29, 1.82) is 0 Å². The molecule has 0 saturated heterocycles. The molecule has 2 atom stereocenters. The Balaban J connectivity index is 0.00000289. The molecule has 4 nitrogen and oxygen atoms in total. The molecule has 0 unspecified atom stereocenters. The molecule has 1 aliphatic rings. The fourth-order valence-electron chi connectivity index (χ4n) is 3.49. The molecular weight excluding hydrogens is 489 g/mol. The van der Waals surface area contributed by atoms with E-state index in [4.69, 9.17) is 27.9 Å². The number of esters is 1. The third kappa shape index (κ3) is 6.67. The number of ether oxygens (including phenoxy) is 1. The minimum Gasteiger partial charge on any atom is -1.00 e. The van der Waals surface area contributed by atoms with Gasteiger partial charge in [-0.15, -0.1) is 0 Å². The standard InChI is InChI=1S/C23H22Cl2F3NO3.Na.H/c1-3-19(30)32-22(10-11-22)15-6-9-17(25)18(12-15)29-21(31)20(13(2)23(26,27)28)14-4-7-16(24)8-5-14;;/h4-9,12-13,20H,3,10-11H2,1-2H3,(H,29,31);;/q;+1;-1/t13-,20+;;/m1../s1. The summed E-state index contributed by atoms with van der Waals surface area (Å²) in [7, 11) is 0. The van der Waals surface area contributed by atoms with Crippen LogP contribution in [0.25, 0.3) is 0 Å².